The van der Waals surface area contributed by atoms with Crippen LogP contribution < -0.4 is 10.5 Å². The van der Waals surface area contributed by atoms with Gasteiger partial charge in [0.1, 0.15) is 0 Å². The van der Waals surface area contributed by atoms with Crippen LogP contribution in [0.3, 0.4) is 0 Å². The monoisotopic (exact) mass is 364 g/mol. The highest BCUT2D eigenvalue weighted by Gasteiger charge is 2.16. The molecule has 0 saturated carbocycles. The van der Waals surface area contributed by atoms with Gasteiger partial charge in [-0.2, -0.15) is 0 Å². The van der Waals surface area contributed by atoms with E-state index in [0.717, 1.165) is 10.7 Å². The number of aromatic nitrogens is 3. The Bertz CT molecular complexity index is 1150. The molecule has 0 bridgehead atoms. The van der Waals surface area contributed by atoms with E-state index in [2.05, 4.69) is 14.7 Å². The maximum Gasteiger partial charge on any atom is 0.417 e. The lowest BCUT2D eigenvalue weighted by Crippen LogP contribution is -2.26. The molecule has 4 rings (SSSR count). The Morgan fingerprint density at radius 3 is 3.08 bits per heavy atom. The van der Waals surface area contributed by atoms with Crippen molar-refractivity contribution in [2.24, 2.45) is 0 Å². The second-order valence-corrected chi connectivity index (χ2v) is 7.79. The molecule has 24 heavy (non-hydrogen) atoms. The van der Waals surface area contributed by atoms with Gasteiger partial charge in [-0.3, -0.25) is 9.38 Å². The van der Waals surface area contributed by atoms with Gasteiger partial charge in [0, 0.05) is 36.8 Å². The van der Waals surface area contributed by atoms with E-state index in [1.165, 1.54) is 29.5 Å². The first-order valence-electron chi connectivity index (χ1n) is 7.05. The molecule has 4 aromatic rings. The Morgan fingerprint density at radius 2 is 2.25 bits per heavy atom. The van der Waals surface area contributed by atoms with Gasteiger partial charge in [-0.15, -0.1) is 11.3 Å². The first-order valence-corrected chi connectivity index (χ1v) is 9.41. The average Bonchev–Trinajstić information content (AvgIpc) is 3.18. The van der Waals surface area contributed by atoms with Gasteiger partial charge < -0.3 is 4.42 Å². The molecule has 1 aromatic carbocycles. The summed E-state index contributed by atoms with van der Waals surface area (Å²) in [6, 6.07) is 4.24. The minimum Gasteiger partial charge on any atom is -0.408 e. The Balaban J connectivity index is 1.49. The third kappa shape index (κ3) is 2.75. The molecule has 0 fully saturated rings. The minimum atomic E-state index is -3.69. The number of rotatable bonds is 5. The van der Waals surface area contributed by atoms with Crippen LogP contribution in [0.4, 0.5) is 0 Å². The number of sulfonamides is 1. The molecule has 0 aliphatic carbocycles. The summed E-state index contributed by atoms with van der Waals surface area (Å²) in [4.78, 5) is 18.9. The molecule has 0 saturated heterocycles. The van der Waals surface area contributed by atoms with Gasteiger partial charge in [0.15, 0.2) is 10.5 Å². The third-order valence-corrected chi connectivity index (χ3v) is 5.75. The molecule has 124 valence electrons. The fraction of sp³-hybridized carbons (Fsp3) is 0.143. The Labute approximate surface area is 139 Å². The van der Waals surface area contributed by atoms with Crippen LogP contribution >= 0.6 is 11.3 Å². The second-order valence-electron chi connectivity index (χ2n) is 5.15. The molecule has 8 nitrogen and oxygen atoms in total. The summed E-state index contributed by atoms with van der Waals surface area (Å²) in [5.74, 6) is -0.618. The number of aromatic amines is 1. The molecule has 3 heterocycles. The molecule has 0 unspecified atom stereocenters. The molecule has 0 aliphatic heterocycles. The number of benzene rings is 1. The van der Waals surface area contributed by atoms with E-state index >= 15 is 0 Å². The number of fused-ring (bicyclic) bond motifs is 2. The summed E-state index contributed by atoms with van der Waals surface area (Å²) in [5.41, 5.74) is 1.48. The van der Waals surface area contributed by atoms with Crippen LogP contribution in [0.1, 0.15) is 5.69 Å². The van der Waals surface area contributed by atoms with Crippen LogP contribution in [0.2, 0.25) is 0 Å². The number of hydrogen-bond acceptors (Lipinski definition) is 6. The van der Waals surface area contributed by atoms with E-state index < -0.39 is 15.8 Å². The average molecular weight is 364 g/mol. The smallest absolute Gasteiger partial charge is 0.408 e. The lowest BCUT2D eigenvalue weighted by molar-refractivity contribution is 0.553. The maximum absolute atomic E-state index is 12.3. The van der Waals surface area contributed by atoms with Crippen molar-refractivity contribution in [1.29, 1.82) is 0 Å². The summed E-state index contributed by atoms with van der Waals surface area (Å²) < 4.78 is 34.0. The molecule has 2 N–H and O–H groups in total. The Hall–Kier alpha value is -2.43. The maximum atomic E-state index is 12.3. The van der Waals surface area contributed by atoms with Crippen molar-refractivity contribution in [2.75, 3.05) is 6.54 Å². The highest BCUT2D eigenvalue weighted by Crippen LogP contribution is 2.16. The highest BCUT2D eigenvalue weighted by molar-refractivity contribution is 7.89. The van der Waals surface area contributed by atoms with Crippen LogP contribution in [0, 0.1) is 0 Å². The number of nitrogens with zero attached hydrogens (tertiary/aromatic N) is 2. The van der Waals surface area contributed by atoms with E-state index in [4.69, 9.17) is 4.42 Å². The van der Waals surface area contributed by atoms with E-state index in [1.54, 1.807) is 0 Å². The van der Waals surface area contributed by atoms with Crippen molar-refractivity contribution in [3.8, 4) is 0 Å². The topological polar surface area (TPSA) is 109 Å². The molecule has 10 heteroatoms. The molecular formula is C14H12N4O4S2. The van der Waals surface area contributed by atoms with E-state index in [0.29, 0.717) is 11.9 Å². The summed E-state index contributed by atoms with van der Waals surface area (Å²) >= 11 is 1.52. The van der Waals surface area contributed by atoms with Crippen LogP contribution in [0.15, 0.2) is 50.1 Å². The fourth-order valence-electron chi connectivity index (χ4n) is 2.39. The van der Waals surface area contributed by atoms with Crippen LogP contribution in [0.5, 0.6) is 0 Å². The number of hydrogen-bond donors (Lipinski definition) is 2. The van der Waals surface area contributed by atoms with Crippen molar-refractivity contribution in [2.45, 2.75) is 11.3 Å². The summed E-state index contributed by atoms with van der Waals surface area (Å²) in [6.45, 7) is 0.224. The van der Waals surface area contributed by atoms with E-state index in [-0.39, 0.29) is 17.0 Å². The number of oxazole rings is 1. The highest BCUT2D eigenvalue weighted by atomic mass is 32.2. The van der Waals surface area contributed by atoms with Crippen molar-refractivity contribution in [3.05, 3.63) is 52.2 Å². The van der Waals surface area contributed by atoms with Crippen LogP contribution in [-0.2, 0) is 16.4 Å². The predicted octanol–water partition coefficient (Wildman–Crippen LogP) is 1.35. The van der Waals surface area contributed by atoms with Crippen molar-refractivity contribution in [3.63, 3.8) is 0 Å². The largest absolute Gasteiger partial charge is 0.417 e. The zero-order valence-corrected chi connectivity index (χ0v) is 13.9. The summed E-state index contributed by atoms with van der Waals surface area (Å²) in [6.07, 6.45) is 4.26. The fourth-order valence-corrected chi connectivity index (χ4v) is 4.15. The van der Waals surface area contributed by atoms with Gasteiger partial charge >= 0.3 is 5.76 Å². The zero-order chi connectivity index (χ0) is 16.7. The summed E-state index contributed by atoms with van der Waals surface area (Å²) in [7, 11) is -3.69. The molecule has 0 radical (unpaired) electrons. The van der Waals surface area contributed by atoms with Crippen molar-refractivity contribution < 1.29 is 12.8 Å². The van der Waals surface area contributed by atoms with Gasteiger partial charge in [-0.1, -0.05) is 0 Å². The molecule has 0 amide bonds. The third-order valence-electron chi connectivity index (χ3n) is 3.52. The molecule has 0 aliphatic rings. The summed E-state index contributed by atoms with van der Waals surface area (Å²) in [5, 5.41) is 1.93. The van der Waals surface area contributed by atoms with Crippen molar-refractivity contribution >= 4 is 37.4 Å². The Morgan fingerprint density at radius 1 is 1.38 bits per heavy atom. The Kier molecular flexibility index (Phi) is 3.52. The van der Waals surface area contributed by atoms with Gasteiger partial charge in [0.2, 0.25) is 10.0 Å². The van der Waals surface area contributed by atoms with E-state index in [1.807, 2.05) is 22.2 Å². The standard InChI is InChI=1S/C14H12N4O4S2/c19-14-17-11-2-1-10(7-12(11)22-14)24(20,21)15-4-3-9-8-18-5-6-23-13(18)16-9/h1-2,5-8,15H,3-4H2,(H,17,19). The molecular weight excluding hydrogens is 352 g/mol. The number of imidazole rings is 1. The first-order chi connectivity index (χ1) is 11.5. The lowest BCUT2D eigenvalue weighted by Gasteiger charge is -2.05. The van der Waals surface area contributed by atoms with Crippen molar-refractivity contribution in [1.82, 2.24) is 19.1 Å². The molecule has 0 atom stereocenters. The van der Waals surface area contributed by atoms with Gasteiger partial charge in [-0.25, -0.2) is 22.9 Å². The van der Waals surface area contributed by atoms with Crippen LogP contribution in [0.25, 0.3) is 16.1 Å². The SMILES string of the molecule is O=c1[nH]c2ccc(S(=O)(=O)NCCc3cn4ccsc4n3)cc2o1. The molecule has 0 spiro atoms. The van der Waals surface area contributed by atoms with Gasteiger partial charge in [0.05, 0.1) is 16.1 Å². The number of nitrogens with one attached hydrogen (secondary N) is 2. The lowest BCUT2D eigenvalue weighted by atomic mass is 10.3. The predicted molar refractivity (Wildman–Crippen MR) is 88.8 cm³/mol. The van der Waals surface area contributed by atoms with Gasteiger partial charge in [-0.05, 0) is 12.1 Å². The second kappa shape index (κ2) is 5.58. The zero-order valence-electron chi connectivity index (χ0n) is 12.2. The first kappa shape index (κ1) is 15.1. The van der Waals surface area contributed by atoms with Crippen LogP contribution in [-0.4, -0.2) is 29.3 Å². The normalized spacial score (nSPS) is 12.3. The quantitative estimate of drug-likeness (QED) is 0.555. The molecule has 3 aromatic heterocycles. The van der Waals surface area contributed by atoms with E-state index in [9.17, 15) is 13.2 Å². The number of H-pyrrole nitrogens is 1. The number of thiazole rings is 1. The minimum absolute atomic E-state index is 0.0450. The van der Waals surface area contributed by atoms with Gasteiger partial charge in [0.25, 0.3) is 0 Å².